The van der Waals surface area contributed by atoms with Crippen LogP contribution in [0.2, 0.25) is 10.0 Å². The number of hydrogen-bond acceptors (Lipinski definition) is 7. The number of carbonyl (C=O) groups is 1. The van der Waals surface area contributed by atoms with Crippen molar-refractivity contribution in [3.63, 3.8) is 0 Å². The number of cyclic esters (lactones) is 1. The Labute approximate surface area is 188 Å². The van der Waals surface area contributed by atoms with E-state index in [1.165, 1.54) is 25.3 Å². The Balaban J connectivity index is 1.91. The van der Waals surface area contributed by atoms with Crippen LogP contribution in [0.1, 0.15) is 30.9 Å². The fourth-order valence-electron chi connectivity index (χ4n) is 2.76. The number of nitrogens with zero attached hydrogens (tertiary/aromatic N) is 2. The van der Waals surface area contributed by atoms with E-state index >= 15 is 0 Å². The van der Waals surface area contributed by atoms with E-state index < -0.39 is 10.9 Å². The largest absolute Gasteiger partial charge is 0.493 e. The SMILES string of the molecule is CCCCOc1c(Cl)cc(/C=C2\N=C(c3ccc([N+](=O)[O-])cc3Cl)OC2=O)cc1OC. The van der Waals surface area contributed by atoms with Gasteiger partial charge < -0.3 is 14.2 Å². The summed E-state index contributed by atoms with van der Waals surface area (Å²) in [5.74, 6) is 0.108. The maximum absolute atomic E-state index is 12.3. The summed E-state index contributed by atoms with van der Waals surface area (Å²) in [5.41, 5.74) is 0.648. The van der Waals surface area contributed by atoms with Gasteiger partial charge in [-0.25, -0.2) is 9.79 Å². The second kappa shape index (κ2) is 9.80. The molecule has 0 aliphatic carbocycles. The number of unbranched alkanes of at least 4 members (excludes halogenated alkanes) is 1. The number of hydrogen-bond donors (Lipinski definition) is 0. The first kappa shape index (κ1) is 22.6. The Hall–Kier alpha value is -3.10. The van der Waals surface area contributed by atoms with E-state index in [1.54, 1.807) is 12.1 Å². The first-order valence-corrected chi connectivity index (χ1v) is 10.1. The average Bonchev–Trinajstić information content (AvgIpc) is 3.09. The van der Waals surface area contributed by atoms with Crippen LogP contribution in [0, 0.1) is 10.1 Å². The quantitative estimate of drug-likeness (QED) is 0.169. The molecule has 2 aromatic rings. The van der Waals surface area contributed by atoms with E-state index in [9.17, 15) is 14.9 Å². The summed E-state index contributed by atoms with van der Waals surface area (Å²) in [6.45, 7) is 2.56. The molecule has 0 atom stereocenters. The number of rotatable bonds is 8. The van der Waals surface area contributed by atoms with Gasteiger partial charge in [0.25, 0.3) is 5.69 Å². The predicted molar refractivity (Wildman–Crippen MR) is 117 cm³/mol. The Morgan fingerprint density at radius 2 is 2.00 bits per heavy atom. The maximum Gasteiger partial charge on any atom is 0.363 e. The minimum Gasteiger partial charge on any atom is -0.493 e. The van der Waals surface area contributed by atoms with E-state index in [-0.39, 0.29) is 27.9 Å². The number of nitro groups is 1. The Kier molecular flexibility index (Phi) is 7.14. The number of carbonyl (C=O) groups excluding carboxylic acids is 1. The highest BCUT2D eigenvalue weighted by Crippen LogP contribution is 2.37. The molecule has 0 saturated carbocycles. The number of nitro benzene ring substituents is 1. The molecule has 0 aromatic heterocycles. The molecule has 1 aliphatic heterocycles. The number of methoxy groups -OCH3 is 1. The fraction of sp³-hybridized carbons (Fsp3) is 0.238. The standard InChI is InChI=1S/C21H18Cl2N2O6/c1-3-4-7-30-19-16(23)8-12(10-18(19)29-2)9-17-21(26)31-20(24-17)14-6-5-13(25(27)28)11-15(14)22/h5-6,8-11H,3-4,7H2,1-2H3/b17-9-. The van der Waals surface area contributed by atoms with Crippen LogP contribution in [-0.2, 0) is 9.53 Å². The van der Waals surface area contributed by atoms with E-state index in [2.05, 4.69) is 11.9 Å². The minimum absolute atomic E-state index is 0.0159. The van der Waals surface area contributed by atoms with Crippen molar-refractivity contribution in [1.29, 1.82) is 0 Å². The van der Waals surface area contributed by atoms with Crippen molar-refractivity contribution in [3.05, 3.63) is 67.3 Å². The molecule has 162 valence electrons. The number of benzene rings is 2. The summed E-state index contributed by atoms with van der Waals surface area (Å²) >= 11 is 12.4. The molecule has 0 fully saturated rings. The zero-order chi connectivity index (χ0) is 22.5. The van der Waals surface area contributed by atoms with Crippen molar-refractivity contribution < 1.29 is 23.9 Å². The van der Waals surface area contributed by atoms with Gasteiger partial charge in [-0.2, -0.15) is 0 Å². The van der Waals surface area contributed by atoms with E-state index in [0.29, 0.717) is 28.7 Å². The topological polar surface area (TPSA) is 100 Å². The molecule has 0 radical (unpaired) electrons. The van der Waals surface area contributed by atoms with Gasteiger partial charge in [-0.3, -0.25) is 10.1 Å². The third-order valence-corrected chi connectivity index (χ3v) is 4.91. The molecule has 1 heterocycles. The zero-order valence-corrected chi connectivity index (χ0v) is 18.2. The maximum atomic E-state index is 12.3. The van der Waals surface area contributed by atoms with Crippen LogP contribution in [-0.4, -0.2) is 30.5 Å². The minimum atomic E-state index is -0.692. The first-order valence-electron chi connectivity index (χ1n) is 9.31. The number of non-ortho nitro benzene ring substituents is 1. The van der Waals surface area contributed by atoms with Gasteiger partial charge >= 0.3 is 5.97 Å². The van der Waals surface area contributed by atoms with Crippen LogP contribution in [0.15, 0.2) is 41.0 Å². The highest BCUT2D eigenvalue weighted by Gasteiger charge is 2.27. The smallest absolute Gasteiger partial charge is 0.363 e. The van der Waals surface area contributed by atoms with Gasteiger partial charge in [0.2, 0.25) is 5.90 Å². The number of halogens is 2. The van der Waals surface area contributed by atoms with Crippen LogP contribution in [0.5, 0.6) is 11.5 Å². The number of esters is 1. The molecule has 31 heavy (non-hydrogen) atoms. The monoisotopic (exact) mass is 464 g/mol. The Bertz CT molecular complexity index is 1100. The average molecular weight is 465 g/mol. The molecule has 1 aliphatic rings. The van der Waals surface area contributed by atoms with E-state index in [4.69, 9.17) is 37.4 Å². The van der Waals surface area contributed by atoms with Crippen molar-refractivity contribution in [1.82, 2.24) is 0 Å². The van der Waals surface area contributed by atoms with Gasteiger partial charge in [0.1, 0.15) is 0 Å². The van der Waals surface area contributed by atoms with E-state index in [0.717, 1.165) is 18.9 Å². The Morgan fingerprint density at radius 1 is 1.23 bits per heavy atom. The fourth-order valence-corrected chi connectivity index (χ4v) is 3.28. The normalized spacial score (nSPS) is 14.4. The van der Waals surface area contributed by atoms with E-state index in [1.807, 2.05) is 0 Å². The first-order chi connectivity index (χ1) is 14.8. The Morgan fingerprint density at radius 3 is 2.65 bits per heavy atom. The summed E-state index contributed by atoms with van der Waals surface area (Å²) in [4.78, 5) is 26.7. The van der Waals surface area contributed by atoms with Gasteiger partial charge in [-0.15, -0.1) is 0 Å². The molecule has 10 heteroatoms. The molecular weight excluding hydrogens is 447 g/mol. The summed E-state index contributed by atoms with van der Waals surface area (Å²) < 4.78 is 16.3. The van der Waals surface area contributed by atoms with Gasteiger partial charge in [0.05, 0.1) is 34.2 Å². The van der Waals surface area contributed by atoms with Crippen LogP contribution >= 0.6 is 23.2 Å². The molecule has 0 bridgehead atoms. The van der Waals surface area contributed by atoms with Crippen LogP contribution in [0.4, 0.5) is 5.69 Å². The lowest BCUT2D eigenvalue weighted by Crippen LogP contribution is -2.06. The third kappa shape index (κ3) is 5.15. The third-order valence-electron chi connectivity index (χ3n) is 4.31. The van der Waals surface area contributed by atoms with Gasteiger partial charge in [-0.1, -0.05) is 36.5 Å². The predicted octanol–water partition coefficient (Wildman–Crippen LogP) is 5.43. The van der Waals surface area contributed by atoms with Crippen molar-refractivity contribution in [3.8, 4) is 11.5 Å². The zero-order valence-electron chi connectivity index (χ0n) is 16.7. The van der Waals surface area contributed by atoms with Crippen molar-refractivity contribution in [2.24, 2.45) is 4.99 Å². The number of aliphatic imine (C=N–C) groups is 1. The van der Waals surface area contributed by atoms with Gasteiger partial charge in [0.15, 0.2) is 17.2 Å². The molecule has 0 unspecified atom stereocenters. The molecule has 0 N–H and O–H groups in total. The highest BCUT2D eigenvalue weighted by atomic mass is 35.5. The van der Waals surface area contributed by atoms with Crippen molar-refractivity contribution in [2.45, 2.75) is 19.8 Å². The second-order valence-electron chi connectivity index (χ2n) is 6.49. The summed E-state index contributed by atoms with van der Waals surface area (Å²) in [6.07, 6.45) is 3.34. The highest BCUT2D eigenvalue weighted by molar-refractivity contribution is 6.35. The van der Waals surface area contributed by atoms with Crippen molar-refractivity contribution in [2.75, 3.05) is 13.7 Å². The summed E-state index contributed by atoms with van der Waals surface area (Å²) in [6, 6.07) is 7.08. The lowest BCUT2D eigenvalue weighted by atomic mass is 10.1. The van der Waals surface area contributed by atoms with Crippen LogP contribution in [0.25, 0.3) is 6.08 Å². The van der Waals surface area contributed by atoms with Gasteiger partial charge in [0, 0.05) is 12.1 Å². The molecular formula is C21H18Cl2N2O6. The molecule has 8 nitrogen and oxygen atoms in total. The lowest BCUT2D eigenvalue weighted by Gasteiger charge is -2.13. The van der Waals surface area contributed by atoms with Crippen LogP contribution in [0.3, 0.4) is 0 Å². The van der Waals surface area contributed by atoms with Gasteiger partial charge in [-0.05, 0) is 36.3 Å². The summed E-state index contributed by atoms with van der Waals surface area (Å²) in [7, 11) is 1.49. The summed E-state index contributed by atoms with van der Waals surface area (Å²) in [5, 5.41) is 11.2. The van der Waals surface area contributed by atoms with Crippen molar-refractivity contribution >= 4 is 46.8 Å². The van der Waals surface area contributed by atoms with Crippen LogP contribution < -0.4 is 9.47 Å². The second-order valence-corrected chi connectivity index (χ2v) is 7.31. The lowest BCUT2D eigenvalue weighted by molar-refractivity contribution is -0.384. The molecule has 3 rings (SSSR count). The molecule has 0 saturated heterocycles. The molecule has 0 amide bonds. The molecule has 0 spiro atoms. The number of ether oxygens (including phenoxy) is 3. The molecule has 2 aromatic carbocycles.